The Morgan fingerprint density at radius 2 is 1.59 bits per heavy atom. The Morgan fingerprint density at radius 3 is 2.12 bits per heavy atom. The maximum Gasteiger partial charge on any atom is 0.679 e. The Hall–Kier alpha value is 0.0169. The lowest BCUT2D eigenvalue weighted by Gasteiger charge is -2.36. The van der Waals surface area contributed by atoms with Crippen LogP contribution in [0.4, 0.5) is 0 Å². The van der Waals surface area contributed by atoms with E-state index in [2.05, 4.69) is 11.8 Å². The molecule has 0 spiro atoms. The van der Waals surface area contributed by atoms with Gasteiger partial charge in [0.05, 0.1) is 19.8 Å². The van der Waals surface area contributed by atoms with E-state index in [0.717, 1.165) is 26.1 Å². The van der Waals surface area contributed by atoms with Crippen molar-refractivity contribution in [2.24, 2.45) is 0 Å². The van der Waals surface area contributed by atoms with Gasteiger partial charge in [-0.1, -0.05) is 19.8 Å². The molecule has 0 unspecified atom stereocenters. The smallest absolute Gasteiger partial charge is 0.351 e. The van der Waals surface area contributed by atoms with Gasteiger partial charge in [-0.2, -0.15) is 0 Å². The van der Waals surface area contributed by atoms with Crippen LogP contribution in [0.25, 0.3) is 0 Å². The Bertz CT molecular complexity index is 203. The number of nitrogens with zero attached hydrogens (tertiary/aromatic N) is 1. The molecule has 0 aromatic heterocycles. The standard InChI is InChI=1S/C11H23NO4Si/c1-2-3-4-8-13-17-14-9-5-12(6-10-15-17)7-11-16-17/h2-11H2,1H3. The van der Waals surface area contributed by atoms with Crippen LogP contribution in [0, 0.1) is 0 Å². The lowest BCUT2D eigenvalue weighted by molar-refractivity contribution is -0.0748. The number of hydrogen-bond acceptors (Lipinski definition) is 5. The summed E-state index contributed by atoms with van der Waals surface area (Å²) in [5.41, 5.74) is 0. The van der Waals surface area contributed by atoms with Crippen molar-refractivity contribution < 1.29 is 17.7 Å². The molecule has 0 N–H and O–H groups in total. The van der Waals surface area contributed by atoms with Gasteiger partial charge in [0.15, 0.2) is 0 Å². The summed E-state index contributed by atoms with van der Waals surface area (Å²) in [6, 6.07) is 0. The average molecular weight is 261 g/mol. The van der Waals surface area contributed by atoms with Crippen LogP contribution in [0.1, 0.15) is 26.2 Å². The van der Waals surface area contributed by atoms with Crippen molar-refractivity contribution in [1.82, 2.24) is 4.90 Å². The minimum absolute atomic E-state index is 0.653. The van der Waals surface area contributed by atoms with E-state index in [1.165, 1.54) is 12.8 Å². The quantitative estimate of drug-likeness (QED) is 0.545. The Balaban J connectivity index is 1.85. The number of rotatable bonds is 5. The van der Waals surface area contributed by atoms with Gasteiger partial charge in [-0.25, -0.2) is 0 Å². The molecule has 17 heavy (non-hydrogen) atoms. The zero-order valence-corrected chi connectivity index (χ0v) is 11.7. The normalized spacial score (nSPS) is 34.1. The van der Waals surface area contributed by atoms with Crippen molar-refractivity contribution in [3.05, 3.63) is 0 Å². The lowest BCUT2D eigenvalue weighted by Crippen LogP contribution is -2.57. The van der Waals surface area contributed by atoms with Crippen molar-refractivity contribution in [2.75, 3.05) is 46.1 Å². The van der Waals surface area contributed by atoms with Gasteiger partial charge in [0, 0.05) is 26.2 Å². The summed E-state index contributed by atoms with van der Waals surface area (Å²) in [5.74, 6) is 0. The molecular weight excluding hydrogens is 238 g/mol. The molecule has 100 valence electrons. The predicted molar refractivity (Wildman–Crippen MR) is 65.5 cm³/mol. The highest BCUT2D eigenvalue weighted by molar-refractivity contribution is 6.53. The third-order valence-electron chi connectivity index (χ3n) is 3.09. The van der Waals surface area contributed by atoms with Crippen LogP contribution in [-0.2, 0) is 17.7 Å². The topological polar surface area (TPSA) is 40.2 Å². The van der Waals surface area contributed by atoms with Crippen molar-refractivity contribution in [1.29, 1.82) is 0 Å². The molecule has 0 radical (unpaired) electrons. The molecule has 3 saturated heterocycles. The summed E-state index contributed by atoms with van der Waals surface area (Å²) in [6.45, 7) is 7.70. The summed E-state index contributed by atoms with van der Waals surface area (Å²) < 4.78 is 23.1. The van der Waals surface area contributed by atoms with Crippen LogP contribution < -0.4 is 0 Å². The van der Waals surface area contributed by atoms with E-state index in [1.807, 2.05) is 0 Å². The first-order chi connectivity index (χ1) is 8.35. The fourth-order valence-corrected chi connectivity index (χ4v) is 3.95. The second-order valence-electron chi connectivity index (χ2n) is 4.44. The van der Waals surface area contributed by atoms with Crippen LogP contribution in [0.3, 0.4) is 0 Å². The van der Waals surface area contributed by atoms with Crippen LogP contribution >= 0.6 is 0 Å². The molecule has 3 fully saturated rings. The summed E-state index contributed by atoms with van der Waals surface area (Å²) in [6.07, 6.45) is 3.42. The molecule has 3 aliphatic heterocycles. The van der Waals surface area contributed by atoms with E-state index in [9.17, 15) is 0 Å². The first-order valence-corrected chi connectivity index (χ1v) is 8.26. The zero-order valence-electron chi connectivity index (χ0n) is 10.7. The van der Waals surface area contributed by atoms with Gasteiger partial charge in [-0.15, -0.1) is 0 Å². The van der Waals surface area contributed by atoms with E-state index in [-0.39, 0.29) is 0 Å². The van der Waals surface area contributed by atoms with Crippen LogP contribution in [0.2, 0.25) is 0 Å². The summed E-state index contributed by atoms with van der Waals surface area (Å²) in [7, 11) is -2.80. The Morgan fingerprint density at radius 1 is 1.00 bits per heavy atom. The maximum absolute atomic E-state index is 5.83. The zero-order chi connectivity index (χ0) is 12.0. The molecular formula is C11H23NO4Si. The van der Waals surface area contributed by atoms with E-state index < -0.39 is 9.05 Å². The number of fused-ring (bicyclic) bond motifs is 6. The van der Waals surface area contributed by atoms with E-state index >= 15 is 0 Å². The minimum atomic E-state index is -2.80. The molecule has 3 aliphatic rings. The van der Waals surface area contributed by atoms with Crippen LogP contribution in [-0.4, -0.2) is 60.0 Å². The van der Waals surface area contributed by atoms with Gasteiger partial charge in [0.1, 0.15) is 0 Å². The molecule has 3 heterocycles. The highest BCUT2D eigenvalue weighted by Gasteiger charge is 2.47. The number of unbranched alkanes of at least 4 members (excludes halogenated alkanes) is 2. The highest BCUT2D eigenvalue weighted by atomic mass is 28.4. The van der Waals surface area contributed by atoms with E-state index in [4.69, 9.17) is 17.7 Å². The van der Waals surface area contributed by atoms with Gasteiger partial charge < -0.3 is 17.7 Å². The van der Waals surface area contributed by atoms with E-state index in [0.29, 0.717) is 26.4 Å². The van der Waals surface area contributed by atoms with Gasteiger partial charge in [0.2, 0.25) is 0 Å². The van der Waals surface area contributed by atoms with Crippen LogP contribution in [0.15, 0.2) is 0 Å². The van der Waals surface area contributed by atoms with Gasteiger partial charge in [-0.05, 0) is 6.42 Å². The third-order valence-corrected chi connectivity index (χ3v) is 5.32. The molecule has 0 aromatic carbocycles. The van der Waals surface area contributed by atoms with Crippen molar-refractivity contribution >= 4 is 9.05 Å². The van der Waals surface area contributed by atoms with Crippen molar-refractivity contribution in [3.63, 3.8) is 0 Å². The SMILES string of the molecule is CCCCCO[Si]12OCCN(CCO1)CCO2. The van der Waals surface area contributed by atoms with Crippen molar-refractivity contribution in [2.45, 2.75) is 26.2 Å². The van der Waals surface area contributed by atoms with Gasteiger partial charge in [-0.3, -0.25) is 4.90 Å². The average Bonchev–Trinajstić information content (AvgIpc) is 2.25. The monoisotopic (exact) mass is 261 g/mol. The Labute approximate surface area is 104 Å². The van der Waals surface area contributed by atoms with Crippen LogP contribution in [0.5, 0.6) is 0 Å². The summed E-state index contributed by atoms with van der Waals surface area (Å²) in [5, 5.41) is 0. The predicted octanol–water partition coefficient (Wildman–Crippen LogP) is 1.01. The molecule has 0 aromatic rings. The first kappa shape index (κ1) is 13.4. The fraction of sp³-hybridized carbons (Fsp3) is 1.00. The summed E-state index contributed by atoms with van der Waals surface area (Å²) >= 11 is 0. The lowest BCUT2D eigenvalue weighted by atomic mass is 10.3. The Kier molecular flexibility index (Phi) is 5.39. The maximum atomic E-state index is 5.83. The minimum Gasteiger partial charge on any atom is -0.351 e. The number of hydrogen-bond donors (Lipinski definition) is 0. The highest BCUT2D eigenvalue weighted by Crippen LogP contribution is 2.17. The molecule has 0 saturated carbocycles. The molecule has 5 nitrogen and oxygen atoms in total. The van der Waals surface area contributed by atoms with Crippen molar-refractivity contribution in [3.8, 4) is 0 Å². The van der Waals surface area contributed by atoms with E-state index in [1.54, 1.807) is 0 Å². The second kappa shape index (κ2) is 6.82. The first-order valence-electron chi connectivity index (χ1n) is 6.63. The molecule has 0 aliphatic carbocycles. The molecule has 3 rings (SSSR count). The molecule has 6 heteroatoms. The van der Waals surface area contributed by atoms with Gasteiger partial charge in [0.25, 0.3) is 0 Å². The summed E-state index contributed by atoms with van der Waals surface area (Å²) in [4.78, 5) is 2.30. The molecule has 2 bridgehead atoms. The fourth-order valence-electron chi connectivity index (χ4n) is 2.03. The van der Waals surface area contributed by atoms with Gasteiger partial charge >= 0.3 is 9.05 Å². The third kappa shape index (κ3) is 4.01. The largest absolute Gasteiger partial charge is 0.679 e. The molecule has 0 atom stereocenters. The molecule has 0 amide bonds. The second-order valence-corrected chi connectivity index (χ2v) is 6.60.